The highest BCUT2D eigenvalue weighted by Crippen LogP contribution is 2.15. The Morgan fingerprint density at radius 2 is 1.91 bits per heavy atom. The summed E-state index contributed by atoms with van der Waals surface area (Å²) in [5.74, 6) is 1.63. The number of aryl methyl sites for hydroxylation is 1. The molecule has 178 valence electrons. The molecule has 0 aliphatic carbocycles. The van der Waals surface area contributed by atoms with Crippen LogP contribution in [0.1, 0.15) is 52.0 Å². The fourth-order valence-electron chi connectivity index (χ4n) is 2.93. The second-order valence-electron chi connectivity index (χ2n) is 8.05. The smallest absolute Gasteiger partial charge is 0.408 e. The molecule has 1 amide bonds. The largest absolute Gasteiger partial charge is 0.444 e. The van der Waals surface area contributed by atoms with Crippen LogP contribution in [0.15, 0.2) is 41.7 Å². The van der Waals surface area contributed by atoms with Crippen molar-refractivity contribution in [3.8, 4) is 0 Å². The summed E-state index contributed by atoms with van der Waals surface area (Å²) >= 11 is 0. The molecular weight excluding hydrogens is 521 g/mol. The average Bonchev–Trinajstić information content (AvgIpc) is 3.17. The number of amides is 1. The molecular formula is C22H36IN7O2. The van der Waals surface area contributed by atoms with Crippen molar-refractivity contribution >= 4 is 36.0 Å². The van der Waals surface area contributed by atoms with Crippen LogP contribution in [0.3, 0.4) is 0 Å². The van der Waals surface area contributed by atoms with Crippen molar-refractivity contribution in [3.63, 3.8) is 0 Å². The maximum Gasteiger partial charge on any atom is 0.408 e. The maximum absolute atomic E-state index is 12.3. The van der Waals surface area contributed by atoms with Crippen LogP contribution in [0.25, 0.3) is 0 Å². The van der Waals surface area contributed by atoms with Crippen LogP contribution in [0, 0.1) is 0 Å². The molecule has 0 saturated carbocycles. The topological polar surface area (TPSA) is 105 Å². The summed E-state index contributed by atoms with van der Waals surface area (Å²) in [4.78, 5) is 17.0. The number of guanidine groups is 1. The van der Waals surface area contributed by atoms with Crippen LogP contribution in [0.2, 0.25) is 0 Å². The first-order valence-electron chi connectivity index (χ1n) is 10.8. The first kappa shape index (κ1) is 27.7. The number of aromatic nitrogens is 3. The molecule has 10 heteroatoms. The highest BCUT2D eigenvalue weighted by Gasteiger charge is 2.20. The third-order valence-electron chi connectivity index (χ3n) is 4.33. The summed E-state index contributed by atoms with van der Waals surface area (Å²) in [7, 11) is 0. The Morgan fingerprint density at radius 3 is 2.53 bits per heavy atom. The summed E-state index contributed by atoms with van der Waals surface area (Å²) in [6.45, 7) is 12.1. The monoisotopic (exact) mass is 557 g/mol. The number of carbonyl (C=O) groups is 1. The quantitative estimate of drug-likeness (QED) is 0.248. The van der Waals surface area contributed by atoms with Gasteiger partial charge in [0.15, 0.2) is 5.96 Å². The van der Waals surface area contributed by atoms with Crippen LogP contribution in [-0.2, 0) is 17.7 Å². The summed E-state index contributed by atoms with van der Waals surface area (Å²) < 4.78 is 7.45. The van der Waals surface area contributed by atoms with Crippen molar-refractivity contribution in [1.29, 1.82) is 0 Å². The molecule has 0 radical (unpaired) electrons. The van der Waals surface area contributed by atoms with Crippen molar-refractivity contribution in [3.05, 3.63) is 48.0 Å². The number of ether oxygens (including phenoxy) is 1. The van der Waals surface area contributed by atoms with Gasteiger partial charge in [0.1, 0.15) is 17.8 Å². The Kier molecular flexibility index (Phi) is 12.0. The molecule has 1 aromatic carbocycles. The van der Waals surface area contributed by atoms with Crippen LogP contribution in [0.5, 0.6) is 0 Å². The minimum Gasteiger partial charge on any atom is -0.444 e. The van der Waals surface area contributed by atoms with E-state index in [2.05, 4.69) is 38.1 Å². The minimum absolute atomic E-state index is 0. The van der Waals surface area contributed by atoms with Gasteiger partial charge in [0, 0.05) is 26.1 Å². The average molecular weight is 557 g/mol. The van der Waals surface area contributed by atoms with Gasteiger partial charge in [-0.1, -0.05) is 37.3 Å². The maximum atomic E-state index is 12.3. The molecule has 32 heavy (non-hydrogen) atoms. The van der Waals surface area contributed by atoms with E-state index in [1.54, 1.807) is 6.33 Å². The number of carbonyl (C=O) groups excluding carboxylic acids is 1. The number of nitrogens with one attached hydrogen (secondary N) is 3. The van der Waals surface area contributed by atoms with Crippen molar-refractivity contribution in [1.82, 2.24) is 30.7 Å². The van der Waals surface area contributed by atoms with Gasteiger partial charge in [-0.05, 0) is 33.3 Å². The molecule has 1 aromatic heterocycles. The molecule has 9 nitrogen and oxygen atoms in total. The second kappa shape index (κ2) is 13.9. The zero-order valence-corrected chi connectivity index (χ0v) is 21.9. The van der Waals surface area contributed by atoms with Crippen molar-refractivity contribution < 1.29 is 9.53 Å². The first-order valence-corrected chi connectivity index (χ1v) is 10.8. The van der Waals surface area contributed by atoms with E-state index in [4.69, 9.17) is 4.74 Å². The van der Waals surface area contributed by atoms with E-state index in [1.807, 2.05) is 62.6 Å². The number of rotatable bonds is 9. The van der Waals surface area contributed by atoms with Crippen molar-refractivity contribution in [2.24, 2.45) is 4.99 Å². The molecule has 0 bridgehead atoms. The number of nitrogens with zero attached hydrogens (tertiary/aromatic N) is 4. The van der Waals surface area contributed by atoms with E-state index in [1.165, 1.54) is 0 Å². The fourth-order valence-corrected chi connectivity index (χ4v) is 2.93. The Hall–Kier alpha value is -2.37. The molecule has 3 N–H and O–H groups in total. The van der Waals surface area contributed by atoms with Gasteiger partial charge >= 0.3 is 6.09 Å². The molecule has 1 unspecified atom stereocenters. The number of hydrogen-bond acceptors (Lipinski definition) is 5. The van der Waals surface area contributed by atoms with Gasteiger partial charge in [-0.3, -0.25) is 4.99 Å². The lowest BCUT2D eigenvalue weighted by molar-refractivity contribution is 0.0505. The van der Waals surface area contributed by atoms with E-state index in [-0.39, 0.29) is 30.0 Å². The summed E-state index contributed by atoms with van der Waals surface area (Å²) in [6, 6.07) is 9.45. The molecule has 0 fully saturated rings. The van der Waals surface area contributed by atoms with Crippen molar-refractivity contribution in [2.75, 3.05) is 19.6 Å². The van der Waals surface area contributed by atoms with Gasteiger partial charge in [-0.25, -0.2) is 4.79 Å². The Morgan fingerprint density at radius 1 is 1.19 bits per heavy atom. The van der Waals surface area contributed by atoms with E-state index >= 15 is 0 Å². The molecule has 1 atom stereocenters. The number of hydrogen-bond donors (Lipinski definition) is 3. The first-order chi connectivity index (χ1) is 14.8. The highest BCUT2D eigenvalue weighted by molar-refractivity contribution is 14.0. The molecule has 0 saturated heterocycles. The van der Waals surface area contributed by atoms with Crippen molar-refractivity contribution in [2.45, 2.75) is 59.2 Å². The minimum atomic E-state index is -0.565. The Labute approximate surface area is 207 Å². The second-order valence-corrected chi connectivity index (χ2v) is 8.05. The van der Waals surface area contributed by atoms with Crippen LogP contribution < -0.4 is 16.0 Å². The SMILES string of the molecule is CCNC(=NCC(NC(=O)OC(C)(C)C)c1ccccc1)NCCn1cnnc1CC.I. The molecule has 1 heterocycles. The molecule has 0 aliphatic rings. The molecule has 0 spiro atoms. The van der Waals surface area contributed by atoms with Gasteiger partial charge < -0.3 is 25.3 Å². The van der Waals surface area contributed by atoms with Gasteiger partial charge in [0.25, 0.3) is 0 Å². The molecule has 0 aliphatic heterocycles. The van der Waals surface area contributed by atoms with Gasteiger partial charge in [-0.15, -0.1) is 34.2 Å². The van der Waals surface area contributed by atoms with Gasteiger partial charge in [0.2, 0.25) is 0 Å². The van der Waals surface area contributed by atoms with E-state index in [0.717, 1.165) is 30.9 Å². The summed E-state index contributed by atoms with van der Waals surface area (Å²) in [5, 5.41) is 17.6. The van der Waals surface area contributed by atoms with E-state index < -0.39 is 11.7 Å². The van der Waals surface area contributed by atoms with Gasteiger partial charge in [-0.2, -0.15) is 0 Å². The lowest BCUT2D eigenvalue weighted by Crippen LogP contribution is -2.40. The third kappa shape index (κ3) is 9.84. The zero-order valence-electron chi connectivity index (χ0n) is 19.6. The van der Waals surface area contributed by atoms with E-state index in [0.29, 0.717) is 19.0 Å². The zero-order chi connectivity index (χ0) is 22.7. The van der Waals surface area contributed by atoms with Crippen LogP contribution >= 0.6 is 24.0 Å². The third-order valence-corrected chi connectivity index (χ3v) is 4.33. The molecule has 2 rings (SSSR count). The highest BCUT2D eigenvalue weighted by atomic mass is 127. The Bertz CT molecular complexity index is 834. The Balaban J connectivity index is 0.00000512. The van der Waals surface area contributed by atoms with Crippen LogP contribution in [0.4, 0.5) is 4.79 Å². The lowest BCUT2D eigenvalue weighted by atomic mass is 10.1. The number of benzene rings is 1. The fraction of sp³-hybridized carbons (Fsp3) is 0.545. The summed E-state index contributed by atoms with van der Waals surface area (Å²) in [5.41, 5.74) is 0.398. The summed E-state index contributed by atoms with van der Waals surface area (Å²) in [6.07, 6.45) is 2.11. The standard InChI is InChI=1S/C22H35N7O2.HI/c1-6-19-28-26-16-29(19)14-13-24-20(23-7-2)25-15-18(17-11-9-8-10-12-17)27-21(30)31-22(3,4)5;/h8-12,16,18H,6-7,13-15H2,1-5H3,(H,27,30)(H2,23,24,25);1H. The van der Waals surface area contributed by atoms with E-state index in [9.17, 15) is 4.79 Å². The van der Waals surface area contributed by atoms with Gasteiger partial charge in [0.05, 0.1) is 12.6 Å². The number of alkyl carbamates (subject to hydrolysis) is 1. The predicted octanol–water partition coefficient (Wildman–Crippen LogP) is 3.28. The normalized spacial score (nSPS) is 12.5. The number of aliphatic imine (C=N–C) groups is 1. The van der Waals surface area contributed by atoms with Crippen LogP contribution in [-0.4, -0.2) is 52.1 Å². The number of halogens is 1. The molecule has 2 aromatic rings. The predicted molar refractivity (Wildman–Crippen MR) is 137 cm³/mol. The lowest BCUT2D eigenvalue weighted by Gasteiger charge is -2.23.